The number of imide groups is 1. The number of aromatic nitrogens is 2. The molecule has 2 amide bonds. The summed E-state index contributed by atoms with van der Waals surface area (Å²) >= 11 is 0. The molecule has 7 heteroatoms. The second-order valence-corrected chi connectivity index (χ2v) is 2.09. The molecule has 1 rings (SSSR count). The lowest BCUT2D eigenvalue weighted by molar-refractivity contribution is 0.0947. The third kappa shape index (κ3) is 2.40. The minimum Gasteiger partial charge on any atom is -0.465 e. The van der Waals surface area contributed by atoms with Gasteiger partial charge in [0.25, 0.3) is 5.91 Å². The normalized spacial score (nSPS) is 9.23. The Kier molecular flexibility index (Phi) is 2.38. The second kappa shape index (κ2) is 3.48. The number of nitrogens with one attached hydrogen (secondary N) is 1. The van der Waals surface area contributed by atoms with Gasteiger partial charge in [-0.05, 0) is 0 Å². The van der Waals surface area contributed by atoms with Crippen molar-refractivity contribution in [1.82, 2.24) is 15.3 Å². The fourth-order valence-corrected chi connectivity index (χ4v) is 0.625. The van der Waals surface area contributed by atoms with Crippen LogP contribution in [0.15, 0.2) is 12.4 Å². The lowest BCUT2D eigenvalue weighted by atomic mass is 10.3. The molecule has 0 spiro atoms. The maximum atomic E-state index is 11.0. The summed E-state index contributed by atoms with van der Waals surface area (Å²) in [5.41, 5.74) is 5.20. The Hall–Kier alpha value is -2.18. The van der Waals surface area contributed by atoms with Crippen molar-refractivity contribution in [2.45, 2.75) is 0 Å². The molecular weight excluding hydrogens is 176 g/mol. The van der Waals surface area contributed by atoms with Crippen molar-refractivity contribution >= 4 is 17.9 Å². The highest BCUT2D eigenvalue weighted by Crippen LogP contribution is 1.95. The zero-order valence-corrected chi connectivity index (χ0v) is 6.39. The van der Waals surface area contributed by atoms with E-state index in [1.54, 1.807) is 5.32 Å². The zero-order chi connectivity index (χ0) is 9.84. The average molecular weight is 182 g/mol. The molecule has 0 aliphatic heterocycles. The molecule has 0 bridgehead atoms. The van der Waals surface area contributed by atoms with Crippen LogP contribution in [0.4, 0.5) is 10.7 Å². The van der Waals surface area contributed by atoms with Crippen molar-refractivity contribution in [3.8, 4) is 0 Å². The van der Waals surface area contributed by atoms with E-state index in [9.17, 15) is 9.59 Å². The van der Waals surface area contributed by atoms with Crippen LogP contribution in [-0.2, 0) is 0 Å². The number of amides is 2. The summed E-state index contributed by atoms with van der Waals surface area (Å²) in [4.78, 5) is 28.0. The molecule has 68 valence electrons. The van der Waals surface area contributed by atoms with E-state index in [0.717, 1.165) is 12.4 Å². The SMILES string of the molecule is Nc1ncc(C(=O)NC(=O)O)cn1. The molecule has 0 aliphatic rings. The van der Waals surface area contributed by atoms with E-state index in [0.29, 0.717) is 0 Å². The number of nitrogens with two attached hydrogens (primary N) is 1. The first-order valence-corrected chi connectivity index (χ1v) is 3.21. The van der Waals surface area contributed by atoms with Crippen LogP contribution in [0.2, 0.25) is 0 Å². The molecule has 13 heavy (non-hydrogen) atoms. The van der Waals surface area contributed by atoms with Crippen molar-refractivity contribution in [3.63, 3.8) is 0 Å². The van der Waals surface area contributed by atoms with E-state index >= 15 is 0 Å². The quantitative estimate of drug-likeness (QED) is 0.537. The van der Waals surface area contributed by atoms with Gasteiger partial charge in [0.15, 0.2) is 0 Å². The average Bonchev–Trinajstić information content (AvgIpc) is 2.04. The van der Waals surface area contributed by atoms with Gasteiger partial charge < -0.3 is 10.8 Å². The first-order chi connectivity index (χ1) is 6.09. The monoisotopic (exact) mass is 182 g/mol. The van der Waals surface area contributed by atoms with Crippen LogP contribution in [0.25, 0.3) is 0 Å². The van der Waals surface area contributed by atoms with E-state index in [1.807, 2.05) is 0 Å². The molecule has 0 fully saturated rings. The predicted octanol–water partition coefficient (Wildman–Crippen LogP) is -0.533. The van der Waals surface area contributed by atoms with Crippen LogP contribution in [0.1, 0.15) is 10.4 Å². The Morgan fingerprint density at radius 3 is 2.38 bits per heavy atom. The molecule has 1 aromatic heterocycles. The Balaban J connectivity index is 2.78. The summed E-state index contributed by atoms with van der Waals surface area (Å²) in [5.74, 6) is -0.764. The Morgan fingerprint density at radius 2 is 1.92 bits per heavy atom. The minimum absolute atomic E-state index is 0.0203. The topological polar surface area (TPSA) is 118 Å². The number of hydrogen-bond donors (Lipinski definition) is 3. The van der Waals surface area contributed by atoms with Gasteiger partial charge in [0.1, 0.15) is 0 Å². The van der Waals surface area contributed by atoms with Crippen molar-refractivity contribution in [3.05, 3.63) is 18.0 Å². The van der Waals surface area contributed by atoms with Crippen LogP contribution in [0.5, 0.6) is 0 Å². The Morgan fingerprint density at radius 1 is 1.38 bits per heavy atom. The summed E-state index contributed by atoms with van der Waals surface area (Å²) in [5, 5.41) is 9.84. The maximum Gasteiger partial charge on any atom is 0.411 e. The van der Waals surface area contributed by atoms with Crippen LogP contribution < -0.4 is 11.1 Å². The van der Waals surface area contributed by atoms with Crippen molar-refractivity contribution < 1.29 is 14.7 Å². The van der Waals surface area contributed by atoms with Gasteiger partial charge >= 0.3 is 6.09 Å². The van der Waals surface area contributed by atoms with Crippen LogP contribution >= 0.6 is 0 Å². The second-order valence-electron chi connectivity index (χ2n) is 2.09. The number of nitrogen functional groups attached to an aromatic ring is 1. The summed E-state index contributed by atoms with van der Waals surface area (Å²) in [6.07, 6.45) is 0.850. The van der Waals surface area contributed by atoms with E-state index in [1.165, 1.54) is 0 Å². The zero-order valence-electron chi connectivity index (χ0n) is 6.39. The van der Waals surface area contributed by atoms with Crippen LogP contribution in [0, 0.1) is 0 Å². The lowest BCUT2D eigenvalue weighted by Crippen LogP contribution is -2.28. The molecular formula is C6H6N4O3. The third-order valence-corrected chi connectivity index (χ3v) is 1.15. The van der Waals surface area contributed by atoms with E-state index in [-0.39, 0.29) is 11.5 Å². The number of carbonyl (C=O) groups excluding carboxylic acids is 1. The first kappa shape index (κ1) is 8.91. The number of carboxylic acid groups (broad SMARTS) is 1. The molecule has 0 aliphatic carbocycles. The predicted molar refractivity (Wildman–Crippen MR) is 41.9 cm³/mol. The summed E-state index contributed by atoms with van der Waals surface area (Å²) < 4.78 is 0. The van der Waals surface area contributed by atoms with Gasteiger partial charge in [-0.1, -0.05) is 0 Å². The molecule has 0 radical (unpaired) electrons. The molecule has 0 unspecified atom stereocenters. The molecule has 7 nitrogen and oxygen atoms in total. The van der Waals surface area contributed by atoms with Gasteiger partial charge in [-0.15, -0.1) is 0 Å². The van der Waals surface area contributed by atoms with Gasteiger partial charge in [0.05, 0.1) is 5.56 Å². The van der Waals surface area contributed by atoms with E-state index in [4.69, 9.17) is 10.8 Å². The number of carbonyl (C=O) groups is 2. The number of anilines is 1. The van der Waals surface area contributed by atoms with Gasteiger partial charge in [-0.3, -0.25) is 10.1 Å². The van der Waals surface area contributed by atoms with Gasteiger partial charge in [-0.2, -0.15) is 0 Å². The summed E-state index contributed by atoms with van der Waals surface area (Å²) in [6, 6.07) is 0. The molecule has 0 saturated carbocycles. The van der Waals surface area contributed by atoms with Crippen LogP contribution in [-0.4, -0.2) is 27.1 Å². The summed E-state index contributed by atoms with van der Waals surface area (Å²) in [6.45, 7) is 0. The molecule has 1 heterocycles. The lowest BCUT2D eigenvalue weighted by Gasteiger charge is -1.98. The molecule has 0 saturated heterocycles. The Bertz CT molecular complexity index is 334. The highest BCUT2D eigenvalue weighted by molar-refractivity contribution is 6.01. The minimum atomic E-state index is -1.43. The highest BCUT2D eigenvalue weighted by atomic mass is 16.4. The number of hydrogen-bond acceptors (Lipinski definition) is 5. The molecule has 0 aromatic carbocycles. The fraction of sp³-hybridized carbons (Fsp3) is 0. The van der Waals surface area contributed by atoms with Gasteiger partial charge in [0, 0.05) is 12.4 Å². The maximum absolute atomic E-state index is 11.0. The summed E-state index contributed by atoms with van der Waals surface area (Å²) in [7, 11) is 0. The largest absolute Gasteiger partial charge is 0.465 e. The van der Waals surface area contributed by atoms with Gasteiger partial charge in [-0.25, -0.2) is 14.8 Å². The van der Waals surface area contributed by atoms with E-state index in [2.05, 4.69) is 9.97 Å². The number of nitrogens with zero attached hydrogens (tertiary/aromatic N) is 2. The van der Waals surface area contributed by atoms with E-state index < -0.39 is 12.0 Å². The smallest absolute Gasteiger partial charge is 0.411 e. The van der Waals surface area contributed by atoms with Crippen LogP contribution in [0.3, 0.4) is 0 Å². The standard InChI is InChI=1S/C6H6N4O3/c7-5-8-1-3(2-9-5)4(11)10-6(12)13/h1-2H,(H,10,11)(H,12,13)(H2,7,8,9). The molecule has 1 aromatic rings. The van der Waals surface area contributed by atoms with Crippen molar-refractivity contribution in [2.24, 2.45) is 0 Å². The molecule has 0 atom stereocenters. The first-order valence-electron chi connectivity index (χ1n) is 3.21. The number of rotatable bonds is 1. The third-order valence-electron chi connectivity index (χ3n) is 1.15. The highest BCUT2D eigenvalue weighted by Gasteiger charge is 2.08. The molecule has 4 N–H and O–H groups in total. The Labute approximate surface area is 72.6 Å². The van der Waals surface area contributed by atoms with Crippen molar-refractivity contribution in [2.75, 3.05) is 5.73 Å². The fourth-order valence-electron chi connectivity index (χ4n) is 0.625. The van der Waals surface area contributed by atoms with Gasteiger partial charge in [0.2, 0.25) is 5.95 Å². The van der Waals surface area contributed by atoms with Crippen molar-refractivity contribution in [1.29, 1.82) is 0 Å².